The van der Waals surface area contributed by atoms with E-state index >= 15 is 0 Å². The molecule has 0 fully saturated rings. The Hall–Kier alpha value is -3.32. The second-order valence-corrected chi connectivity index (χ2v) is 7.94. The number of benzene rings is 2. The highest BCUT2D eigenvalue weighted by Gasteiger charge is 2.29. The summed E-state index contributed by atoms with van der Waals surface area (Å²) in [4.78, 5) is 12.5. The summed E-state index contributed by atoms with van der Waals surface area (Å²) in [5.74, 6) is 1.29. The Labute approximate surface area is 162 Å². The molecule has 1 aromatic heterocycles. The molecule has 6 nitrogen and oxygen atoms in total. The van der Waals surface area contributed by atoms with Crippen LogP contribution in [0.4, 0.5) is 0 Å². The molecule has 0 bridgehead atoms. The number of ketones is 1. The lowest BCUT2D eigenvalue weighted by molar-refractivity contribution is 0.101. The topological polar surface area (TPSA) is 82.8 Å². The second-order valence-electron chi connectivity index (χ2n) is 6.40. The predicted molar refractivity (Wildman–Crippen MR) is 102 cm³/mol. The molecule has 0 spiro atoms. The van der Waals surface area contributed by atoms with Crippen LogP contribution in [0.15, 0.2) is 69.7 Å². The monoisotopic (exact) mass is 396 g/mol. The van der Waals surface area contributed by atoms with Crippen LogP contribution in [0.2, 0.25) is 0 Å². The van der Waals surface area contributed by atoms with E-state index in [2.05, 4.69) is 0 Å². The van der Waals surface area contributed by atoms with E-state index in [0.717, 1.165) is 5.56 Å². The number of ether oxygens (including phenoxy) is 1. The average molecular weight is 396 g/mol. The zero-order valence-electron chi connectivity index (χ0n) is 15.1. The van der Waals surface area contributed by atoms with Gasteiger partial charge in [0.25, 0.3) is 0 Å². The third kappa shape index (κ3) is 3.44. The Morgan fingerprint density at radius 2 is 1.71 bits per heavy atom. The van der Waals surface area contributed by atoms with Crippen LogP contribution < -0.4 is 8.92 Å². The van der Waals surface area contributed by atoms with Crippen molar-refractivity contribution in [2.45, 2.75) is 18.7 Å². The van der Waals surface area contributed by atoms with Crippen LogP contribution in [-0.4, -0.2) is 14.2 Å². The fourth-order valence-corrected chi connectivity index (χ4v) is 3.68. The van der Waals surface area contributed by atoms with E-state index < -0.39 is 10.1 Å². The fourth-order valence-electron chi connectivity index (χ4n) is 2.76. The average Bonchev–Trinajstić information content (AvgIpc) is 3.18. The molecular weight excluding hydrogens is 380 g/mol. The highest BCUT2D eigenvalue weighted by atomic mass is 32.2. The molecule has 1 aliphatic heterocycles. The van der Waals surface area contributed by atoms with Gasteiger partial charge in [0.2, 0.25) is 5.78 Å². The van der Waals surface area contributed by atoms with Gasteiger partial charge in [0.05, 0.1) is 5.56 Å². The van der Waals surface area contributed by atoms with Crippen LogP contribution in [-0.2, 0) is 10.1 Å². The van der Waals surface area contributed by atoms with Crippen molar-refractivity contribution in [3.8, 4) is 11.5 Å². The number of allylic oxidation sites excluding steroid dienone is 1. The number of rotatable bonds is 4. The molecular formula is C21H16O6S. The summed E-state index contributed by atoms with van der Waals surface area (Å²) in [7, 11) is -3.99. The number of aryl methyl sites for hydroxylation is 2. The summed E-state index contributed by atoms with van der Waals surface area (Å²) < 4.78 is 41.1. The minimum absolute atomic E-state index is 0.0457. The first-order valence-corrected chi connectivity index (χ1v) is 9.88. The van der Waals surface area contributed by atoms with E-state index in [9.17, 15) is 13.2 Å². The first-order valence-electron chi connectivity index (χ1n) is 8.48. The van der Waals surface area contributed by atoms with Crippen LogP contribution >= 0.6 is 0 Å². The number of hydrogen-bond acceptors (Lipinski definition) is 6. The summed E-state index contributed by atoms with van der Waals surface area (Å²) in [6.45, 7) is 3.66. The molecule has 0 radical (unpaired) electrons. The molecule has 7 heteroatoms. The molecule has 2 aromatic carbocycles. The third-order valence-electron chi connectivity index (χ3n) is 4.19. The standard InChI is InChI=1S/C21H16O6S/c1-13-3-8-17(9-4-13)28(23,24)27-16-7-10-18-19(12-16)26-20(21(18)22)11-15-6-5-14(2)25-15/h3-12H,1-2H3. The smallest absolute Gasteiger partial charge is 0.339 e. The first kappa shape index (κ1) is 18.1. The number of Topliss-reactive ketones (excluding diaryl/α,β-unsaturated/α-hetero) is 1. The van der Waals surface area contributed by atoms with E-state index in [-0.39, 0.29) is 27.9 Å². The Bertz CT molecular complexity index is 1200. The molecule has 1 aliphatic rings. The maximum Gasteiger partial charge on any atom is 0.339 e. The van der Waals surface area contributed by atoms with Gasteiger partial charge in [-0.3, -0.25) is 4.79 Å². The molecule has 142 valence electrons. The number of hydrogen-bond donors (Lipinski definition) is 0. The second kappa shape index (κ2) is 6.69. The fraction of sp³-hybridized carbons (Fsp3) is 0.0952. The molecule has 28 heavy (non-hydrogen) atoms. The van der Waals surface area contributed by atoms with Gasteiger partial charge in [0.15, 0.2) is 5.76 Å². The van der Waals surface area contributed by atoms with Crippen molar-refractivity contribution < 1.29 is 26.5 Å². The summed E-state index contributed by atoms with van der Waals surface area (Å²) >= 11 is 0. The summed E-state index contributed by atoms with van der Waals surface area (Å²) in [5, 5.41) is 0. The summed E-state index contributed by atoms with van der Waals surface area (Å²) in [6.07, 6.45) is 1.50. The lowest BCUT2D eigenvalue weighted by atomic mass is 10.1. The zero-order valence-corrected chi connectivity index (χ0v) is 15.9. The lowest BCUT2D eigenvalue weighted by Gasteiger charge is -2.08. The largest absolute Gasteiger partial charge is 0.462 e. The van der Waals surface area contributed by atoms with Gasteiger partial charge in [-0.25, -0.2) is 0 Å². The van der Waals surface area contributed by atoms with Crippen molar-refractivity contribution in [1.82, 2.24) is 0 Å². The zero-order chi connectivity index (χ0) is 19.9. The minimum atomic E-state index is -3.99. The van der Waals surface area contributed by atoms with Gasteiger partial charge in [0, 0.05) is 12.1 Å². The highest BCUT2D eigenvalue weighted by Crippen LogP contribution is 2.35. The Balaban J connectivity index is 1.59. The van der Waals surface area contributed by atoms with Gasteiger partial charge in [-0.05, 0) is 50.2 Å². The van der Waals surface area contributed by atoms with Crippen molar-refractivity contribution in [2.75, 3.05) is 0 Å². The van der Waals surface area contributed by atoms with E-state index in [1.165, 1.54) is 36.4 Å². The van der Waals surface area contributed by atoms with Crippen LogP contribution in [0.3, 0.4) is 0 Å². The van der Waals surface area contributed by atoms with Crippen molar-refractivity contribution in [3.63, 3.8) is 0 Å². The maximum absolute atomic E-state index is 12.5. The van der Waals surface area contributed by atoms with E-state index in [4.69, 9.17) is 13.3 Å². The Morgan fingerprint density at radius 3 is 2.39 bits per heavy atom. The number of carbonyl (C=O) groups is 1. The quantitative estimate of drug-likeness (QED) is 0.484. The van der Waals surface area contributed by atoms with E-state index in [1.54, 1.807) is 31.2 Å². The van der Waals surface area contributed by atoms with Crippen molar-refractivity contribution in [3.05, 3.63) is 83.0 Å². The van der Waals surface area contributed by atoms with Gasteiger partial charge in [-0.15, -0.1) is 0 Å². The van der Waals surface area contributed by atoms with Gasteiger partial charge >= 0.3 is 10.1 Å². The lowest BCUT2D eigenvalue weighted by Crippen LogP contribution is -2.09. The Kier molecular flexibility index (Phi) is 4.31. The van der Waals surface area contributed by atoms with Crippen molar-refractivity contribution in [1.29, 1.82) is 0 Å². The molecule has 2 heterocycles. The molecule has 0 saturated carbocycles. The molecule has 0 saturated heterocycles. The number of furan rings is 1. The molecule has 0 amide bonds. The van der Waals surface area contributed by atoms with Gasteiger partial charge in [0.1, 0.15) is 27.9 Å². The Morgan fingerprint density at radius 1 is 0.964 bits per heavy atom. The molecule has 3 aromatic rings. The van der Waals surface area contributed by atoms with E-state index in [0.29, 0.717) is 17.1 Å². The van der Waals surface area contributed by atoms with Crippen LogP contribution in [0.25, 0.3) is 6.08 Å². The predicted octanol–water partition coefficient (Wildman–Crippen LogP) is 4.28. The molecule has 0 aliphatic carbocycles. The molecule has 0 N–H and O–H groups in total. The number of carbonyl (C=O) groups excluding carboxylic acids is 1. The molecule has 4 rings (SSSR count). The van der Waals surface area contributed by atoms with Gasteiger partial charge in [-0.1, -0.05) is 17.7 Å². The van der Waals surface area contributed by atoms with Crippen LogP contribution in [0.5, 0.6) is 11.5 Å². The maximum atomic E-state index is 12.5. The third-order valence-corrected chi connectivity index (χ3v) is 5.45. The number of fused-ring (bicyclic) bond motifs is 1. The SMILES string of the molecule is Cc1ccc(S(=O)(=O)Oc2ccc3c(c2)OC(=Cc2ccc(C)o2)C3=O)cc1. The molecule has 0 atom stereocenters. The van der Waals surface area contributed by atoms with Crippen LogP contribution in [0, 0.1) is 13.8 Å². The van der Waals surface area contributed by atoms with Gasteiger partial charge in [-0.2, -0.15) is 8.42 Å². The summed E-state index contributed by atoms with van der Waals surface area (Å²) in [5.41, 5.74) is 1.27. The first-order chi connectivity index (χ1) is 13.3. The van der Waals surface area contributed by atoms with Crippen molar-refractivity contribution in [2.24, 2.45) is 0 Å². The highest BCUT2D eigenvalue weighted by molar-refractivity contribution is 7.87. The molecule has 0 unspecified atom stereocenters. The van der Waals surface area contributed by atoms with E-state index in [1.807, 2.05) is 6.92 Å². The van der Waals surface area contributed by atoms with Gasteiger partial charge < -0.3 is 13.3 Å². The van der Waals surface area contributed by atoms with Crippen molar-refractivity contribution >= 4 is 22.0 Å². The summed E-state index contributed by atoms with van der Waals surface area (Å²) in [6, 6.07) is 14.1. The minimum Gasteiger partial charge on any atom is -0.462 e. The normalized spacial score (nSPS) is 14.8. The van der Waals surface area contributed by atoms with Crippen LogP contribution in [0.1, 0.15) is 27.4 Å².